The number of hydrogen-bond acceptors (Lipinski definition) is 7. The second-order valence-electron chi connectivity index (χ2n) is 7.40. The van der Waals surface area contributed by atoms with Crippen molar-refractivity contribution >= 4 is 50.6 Å². The zero-order valence-electron chi connectivity index (χ0n) is 19.4. The van der Waals surface area contributed by atoms with E-state index >= 15 is 0 Å². The van der Waals surface area contributed by atoms with Crippen LogP contribution in [0.4, 0.5) is 0 Å². The lowest BCUT2D eigenvalue weighted by atomic mass is 10.2. The Labute approximate surface area is 220 Å². The van der Waals surface area contributed by atoms with E-state index in [-0.39, 0.29) is 35.3 Å². The zero-order chi connectivity index (χ0) is 25.7. The molecule has 184 valence electrons. The topological polar surface area (TPSA) is 92.0 Å². The number of rotatable bonds is 8. The fourth-order valence-corrected chi connectivity index (χ4v) is 4.10. The van der Waals surface area contributed by atoms with E-state index < -0.39 is 5.97 Å². The van der Waals surface area contributed by atoms with Gasteiger partial charge in [0, 0.05) is 15.6 Å². The minimum absolute atomic E-state index is 0.172. The number of fused-ring (bicyclic) bond motifs is 1. The fraction of sp³-hybridized carbons (Fsp3) is 0.154. The van der Waals surface area contributed by atoms with Gasteiger partial charge >= 0.3 is 5.97 Å². The van der Waals surface area contributed by atoms with Crippen LogP contribution >= 0.6 is 27.5 Å². The molecule has 3 aromatic carbocycles. The van der Waals surface area contributed by atoms with Gasteiger partial charge in [0.25, 0.3) is 5.56 Å². The van der Waals surface area contributed by atoms with Gasteiger partial charge in [-0.1, -0.05) is 54.1 Å². The molecule has 0 aliphatic heterocycles. The maximum absolute atomic E-state index is 13.4. The van der Waals surface area contributed by atoms with Crippen LogP contribution in [0.3, 0.4) is 0 Å². The van der Waals surface area contributed by atoms with Crippen molar-refractivity contribution in [1.29, 1.82) is 0 Å². The third kappa shape index (κ3) is 5.27. The smallest absolute Gasteiger partial charge is 0.344 e. The summed E-state index contributed by atoms with van der Waals surface area (Å²) in [6.45, 7) is 1.61. The Bertz CT molecular complexity index is 1510. The summed E-state index contributed by atoms with van der Waals surface area (Å²) in [5, 5.41) is 5.08. The Morgan fingerprint density at radius 1 is 1.17 bits per heavy atom. The molecule has 4 aromatic rings. The molecular formula is C26H21BrClN3O5. The lowest BCUT2D eigenvalue weighted by molar-refractivity contribution is -0.145. The highest BCUT2D eigenvalue weighted by molar-refractivity contribution is 9.10. The predicted molar refractivity (Wildman–Crippen MR) is 142 cm³/mol. The van der Waals surface area contributed by atoms with E-state index in [1.165, 1.54) is 18.0 Å². The van der Waals surface area contributed by atoms with Gasteiger partial charge in [-0.2, -0.15) is 9.78 Å². The summed E-state index contributed by atoms with van der Waals surface area (Å²) < 4.78 is 17.5. The predicted octanol–water partition coefficient (Wildman–Crippen LogP) is 5.31. The van der Waals surface area contributed by atoms with Gasteiger partial charge in [-0.3, -0.25) is 4.79 Å². The molecule has 0 atom stereocenters. The first kappa shape index (κ1) is 25.4. The molecule has 0 amide bonds. The third-order valence-electron chi connectivity index (χ3n) is 5.11. The molecular weight excluding hydrogens is 550 g/mol. The summed E-state index contributed by atoms with van der Waals surface area (Å²) in [6, 6.07) is 18.0. The number of nitrogens with zero attached hydrogens (tertiary/aromatic N) is 3. The van der Waals surface area contributed by atoms with Crippen molar-refractivity contribution in [2.75, 3.05) is 20.3 Å². The lowest BCUT2D eigenvalue weighted by Gasteiger charge is -2.15. The first-order valence-corrected chi connectivity index (χ1v) is 12.1. The van der Waals surface area contributed by atoms with Gasteiger partial charge in [0.15, 0.2) is 23.9 Å². The van der Waals surface area contributed by atoms with E-state index in [0.717, 1.165) is 5.56 Å². The largest absolute Gasteiger partial charge is 0.493 e. The van der Waals surface area contributed by atoms with Crippen molar-refractivity contribution in [2.24, 2.45) is 5.10 Å². The van der Waals surface area contributed by atoms with Crippen LogP contribution in [0.2, 0.25) is 5.02 Å². The monoisotopic (exact) mass is 569 g/mol. The molecule has 0 fully saturated rings. The van der Waals surface area contributed by atoms with Crippen LogP contribution in [0, 0.1) is 0 Å². The summed E-state index contributed by atoms with van der Waals surface area (Å²) in [6.07, 6.45) is 1.47. The van der Waals surface area contributed by atoms with Crippen LogP contribution in [0.5, 0.6) is 11.5 Å². The zero-order valence-corrected chi connectivity index (χ0v) is 21.7. The van der Waals surface area contributed by atoms with Gasteiger partial charge in [-0.05, 0) is 41.1 Å². The Balaban J connectivity index is 1.79. The third-order valence-corrected chi connectivity index (χ3v) is 6.56. The van der Waals surface area contributed by atoms with Crippen LogP contribution in [-0.4, -0.2) is 42.2 Å². The lowest BCUT2D eigenvalue weighted by Crippen LogP contribution is -2.20. The maximum Gasteiger partial charge on any atom is 0.344 e. The highest BCUT2D eigenvalue weighted by atomic mass is 79.9. The number of aromatic nitrogens is 2. The number of ether oxygens (including phenoxy) is 3. The summed E-state index contributed by atoms with van der Waals surface area (Å²) in [5.74, 6) is 0.306. The molecule has 0 aliphatic rings. The molecule has 0 bridgehead atoms. The Morgan fingerprint density at radius 3 is 2.61 bits per heavy atom. The maximum atomic E-state index is 13.4. The van der Waals surface area contributed by atoms with E-state index in [1.807, 2.05) is 36.4 Å². The number of halogens is 2. The molecule has 36 heavy (non-hydrogen) atoms. The van der Waals surface area contributed by atoms with Crippen molar-refractivity contribution in [2.45, 2.75) is 6.92 Å². The number of para-hydroxylation sites is 1. The minimum atomic E-state index is -0.533. The first-order chi connectivity index (χ1) is 17.4. The molecule has 1 heterocycles. The molecule has 0 unspecified atom stereocenters. The fourth-order valence-electron chi connectivity index (χ4n) is 3.44. The Kier molecular flexibility index (Phi) is 8.02. The van der Waals surface area contributed by atoms with E-state index in [0.29, 0.717) is 26.8 Å². The average Bonchev–Trinajstić information content (AvgIpc) is 2.90. The summed E-state index contributed by atoms with van der Waals surface area (Å²) in [5.41, 5.74) is 1.50. The molecule has 4 rings (SSSR count). The molecule has 1 aromatic heterocycles. The van der Waals surface area contributed by atoms with Gasteiger partial charge in [-0.25, -0.2) is 9.78 Å². The van der Waals surface area contributed by atoms with Gasteiger partial charge < -0.3 is 14.2 Å². The van der Waals surface area contributed by atoms with Crippen LogP contribution in [0.1, 0.15) is 12.5 Å². The number of hydrogen-bond donors (Lipinski definition) is 0. The molecule has 0 N–H and O–H groups in total. The van der Waals surface area contributed by atoms with E-state index in [1.54, 1.807) is 31.2 Å². The summed E-state index contributed by atoms with van der Waals surface area (Å²) >= 11 is 9.96. The molecule has 0 aliphatic carbocycles. The Hall–Kier alpha value is -3.69. The molecule has 8 nitrogen and oxygen atoms in total. The van der Waals surface area contributed by atoms with Gasteiger partial charge in [-0.15, -0.1) is 0 Å². The van der Waals surface area contributed by atoms with Crippen LogP contribution in [0.25, 0.3) is 22.3 Å². The second kappa shape index (κ2) is 11.4. The van der Waals surface area contributed by atoms with Gasteiger partial charge in [0.1, 0.15) is 5.02 Å². The first-order valence-electron chi connectivity index (χ1n) is 10.9. The highest BCUT2D eigenvalue weighted by Crippen LogP contribution is 2.42. The average molecular weight is 571 g/mol. The van der Waals surface area contributed by atoms with Crippen LogP contribution in [-0.2, 0) is 9.53 Å². The van der Waals surface area contributed by atoms with Crippen molar-refractivity contribution in [3.8, 4) is 22.9 Å². The van der Waals surface area contributed by atoms with Crippen molar-refractivity contribution < 1.29 is 19.0 Å². The van der Waals surface area contributed by atoms with Crippen LogP contribution < -0.4 is 15.0 Å². The molecule has 0 radical (unpaired) electrons. The van der Waals surface area contributed by atoms with Crippen molar-refractivity contribution in [1.82, 2.24) is 9.66 Å². The van der Waals surface area contributed by atoms with Crippen molar-refractivity contribution in [3.63, 3.8) is 0 Å². The van der Waals surface area contributed by atoms with E-state index in [9.17, 15) is 9.59 Å². The molecule has 10 heteroatoms. The molecule has 0 saturated heterocycles. The number of benzene rings is 3. The standard InChI is InChI=1S/C26H21BrClN3O5/c1-3-35-21(32)15-36-24-20(34-2)13-17(22(27)23(24)28)14-29-31-25(16-9-5-4-6-10-16)30-19-12-8-7-11-18(19)26(31)33/h4-14H,3,15H2,1-2H3. The normalized spacial score (nSPS) is 11.1. The van der Waals surface area contributed by atoms with Gasteiger partial charge in [0.2, 0.25) is 0 Å². The number of carbonyl (C=O) groups is 1. The number of esters is 1. The van der Waals surface area contributed by atoms with E-state index in [4.69, 9.17) is 25.8 Å². The minimum Gasteiger partial charge on any atom is -0.493 e. The Morgan fingerprint density at radius 2 is 1.89 bits per heavy atom. The number of carbonyl (C=O) groups excluding carboxylic acids is 1. The van der Waals surface area contributed by atoms with Crippen molar-refractivity contribution in [3.05, 3.63) is 86.1 Å². The van der Waals surface area contributed by atoms with E-state index in [2.05, 4.69) is 26.0 Å². The summed E-state index contributed by atoms with van der Waals surface area (Å²) in [4.78, 5) is 29.8. The molecule has 0 saturated carbocycles. The number of methoxy groups -OCH3 is 1. The van der Waals surface area contributed by atoms with Crippen LogP contribution in [0.15, 0.2) is 75.0 Å². The second-order valence-corrected chi connectivity index (χ2v) is 8.57. The summed E-state index contributed by atoms with van der Waals surface area (Å²) in [7, 11) is 1.45. The SMILES string of the molecule is CCOC(=O)COc1c(OC)cc(C=Nn2c(-c3ccccc3)nc3ccccc3c2=O)c(Br)c1Cl. The highest BCUT2D eigenvalue weighted by Gasteiger charge is 2.19. The van der Waals surface area contributed by atoms with Gasteiger partial charge in [0.05, 0.1) is 30.8 Å². The quantitative estimate of drug-likeness (QED) is 0.211. The molecule has 0 spiro atoms.